The Kier molecular flexibility index (Phi) is 11.3. The van der Waals surface area contributed by atoms with E-state index in [1.165, 1.54) is 11.6 Å². The van der Waals surface area contributed by atoms with E-state index in [9.17, 15) is 9.18 Å². The Labute approximate surface area is 253 Å². The molecule has 0 bridgehead atoms. The summed E-state index contributed by atoms with van der Waals surface area (Å²) in [6.45, 7) is 13.4. The van der Waals surface area contributed by atoms with Crippen molar-refractivity contribution in [1.82, 2.24) is 30.1 Å². The first-order valence-electron chi connectivity index (χ1n) is 14.4. The molecular weight excluding hydrogens is 543 g/mol. The summed E-state index contributed by atoms with van der Waals surface area (Å²) >= 11 is 0. The number of amides is 1. The summed E-state index contributed by atoms with van der Waals surface area (Å²) < 4.78 is 20.4. The largest absolute Gasteiger partial charge is 0.455 e. The molecule has 0 unspecified atom stereocenters. The number of aromatic nitrogens is 3. The zero-order chi connectivity index (χ0) is 30.6. The van der Waals surface area contributed by atoms with E-state index in [0.29, 0.717) is 36.7 Å². The minimum atomic E-state index is -0.284. The van der Waals surface area contributed by atoms with Crippen LogP contribution in [-0.4, -0.2) is 56.8 Å². The van der Waals surface area contributed by atoms with Gasteiger partial charge in [0.2, 0.25) is 5.91 Å². The topological polar surface area (TPSA) is 83.5 Å². The van der Waals surface area contributed by atoms with Gasteiger partial charge in [-0.1, -0.05) is 50.8 Å². The molecule has 1 amide bonds. The van der Waals surface area contributed by atoms with Crippen molar-refractivity contribution >= 4 is 5.91 Å². The molecular formula is C34H39FN6O2. The van der Waals surface area contributed by atoms with E-state index < -0.39 is 0 Å². The van der Waals surface area contributed by atoms with Crippen molar-refractivity contribution < 1.29 is 13.9 Å². The van der Waals surface area contributed by atoms with Crippen LogP contribution < -0.4 is 10.1 Å². The molecule has 43 heavy (non-hydrogen) atoms. The van der Waals surface area contributed by atoms with Crippen LogP contribution in [-0.2, 0) is 17.9 Å². The first kappa shape index (κ1) is 31.3. The molecule has 9 heteroatoms. The van der Waals surface area contributed by atoms with E-state index in [1.54, 1.807) is 36.9 Å². The molecule has 1 fully saturated rings. The summed E-state index contributed by atoms with van der Waals surface area (Å²) in [5.74, 6) is 1.74. The van der Waals surface area contributed by atoms with Crippen molar-refractivity contribution in [3.05, 3.63) is 115 Å². The Morgan fingerprint density at radius 3 is 2.35 bits per heavy atom. The van der Waals surface area contributed by atoms with Gasteiger partial charge in [0.25, 0.3) is 0 Å². The molecule has 224 valence electrons. The molecule has 0 spiro atoms. The third kappa shape index (κ3) is 9.18. The quantitative estimate of drug-likeness (QED) is 0.259. The van der Waals surface area contributed by atoms with Gasteiger partial charge >= 0.3 is 0 Å². The number of pyridine rings is 1. The van der Waals surface area contributed by atoms with Gasteiger partial charge in [-0.05, 0) is 49.0 Å². The highest BCUT2D eigenvalue weighted by atomic mass is 19.1. The molecule has 1 aliphatic heterocycles. The van der Waals surface area contributed by atoms with Crippen LogP contribution in [0.25, 0.3) is 11.4 Å². The normalized spacial score (nSPS) is 13.2. The monoisotopic (exact) mass is 582 g/mol. The van der Waals surface area contributed by atoms with Crippen LogP contribution in [0.2, 0.25) is 0 Å². The van der Waals surface area contributed by atoms with E-state index in [2.05, 4.69) is 43.9 Å². The number of piperazine rings is 1. The van der Waals surface area contributed by atoms with Crippen LogP contribution in [0.3, 0.4) is 0 Å². The van der Waals surface area contributed by atoms with Gasteiger partial charge in [0.1, 0.15) is 17.3 Å². The summed E-state index contributed by atoms with van der Waals surface area (Å²) in [5.41, 5.74) is 3.67. The summed E-state index contributed by atoms with van der Waals surface area (Å²) in [7, 11) is 0. The first-order valence-corrected chi connectivity index (χ1v) is 14.4. The Balaban J connectivity index is 0.000000225. The smallest absolute Gasteiger partial charge is 0.225 e. The molecule has 5 rings (SSSR count). The Morgan fingerprint density at radius 1 is 1.00 bits per heavy atom. The second-order valence-electron chi connectivity index (χ2n) is 10.6. The summed E-state index contributed by atoms with van der Waals surface area (Å²) in [6.07, 6.45) is 6.82. The first-order chi connectivity index (χ1) is 20.8. The Morgan fingerprint density at radius 2 is 1.72 bits per heavy atom. The summed E-state index contributed by atoms with van der Waals surface area (Å²) in [6, 6.07) is 18.5. The molecule has 1 saturated heterocycles. The van der Waals surface area contributed by atoms with Gasteiger partial charge in [-0.15, -0.1) is 0 Å². The van der Waals surface area contributed by atoms with Gasteiger partial charge in [0, 0.05) is 74.4 Å². The number of nitrogens with zero attached hydrogens (tertiary/aromatic N) is 5. The predicted molar refractivity (Wildman–Crippen MR) is 167 cm³/mol. The highest BCUT2D eigenvalue weighted by Gasteiger charge is 2.24. The number of aryl methyl sites for hydroxylation is 1. The second kappa shape index (κ2) is 15.6. The highest BCUT2D eigenvalue weighted by molar-refractivity contribution is 5.78. The molecule has 8 nitrogen and oxygen atoms in total. The number of ether oxygens (including phenoxy) is 1. The van der Waals surface area contributed by atoms with Crippen molar-refractivity contribution in [3.63, 3.8) is 0 Å². The molecule has 0 radical (unpaired) electrons. The molecule has 1 aliphatic rings. The number of hydrogen-bond acceptors (Lipinski definition) is 7. The van der Waals surface area contributed by atoms with Crippen LogP contribution >= 0.6 is 0 Å². The summed E-state index contributed by atoms with van der Waals surface area (Å²) in [5, 5.41) is 3.06. The lowest BCUT2D eigenvalue weighted by Crippen LogP contribution is -2.49. The van der Waals surface area contributed by atoms with Crippen LogP contribution in [0.1, 0.15) is 30.7 Å². The third-order valence-corrected chi connectivity index (χ3v) is 6.98. The number of halogens is 1. The van der Waals surface area contributed by atoms with Crippen LogP contribution in [0.4, 0.5) is 4.39 Å². The number of nitrogens with one attached hydrogen (secondary N) is 1. The predicted octanol–water partition coefficient (Wildman–Crippen LogP) is 6.00. The second-order valence-corrected chi connectivity index (χ2v) is 10.6. The fraction of sp³-hybridized carbons (Fsp3) is 0.294. The van der Waals surface area contributed by atoms with Crippen molar-refractivity contribution in [3.8, 4) is 22.9 Å². The maximum atomic E-state index is 14.5. The number of carbonyl (C=O) groups is 1. The Hall–Kier alpha value is -4.63. The third-order valence-electron chi connectivity index (χ3n) is 6.98. The average molecular weight is 583 g/mol. The summed E-state index contributed by atoms with van der Waals surface area (Å²) in [4.78, 5) is 28.8. The highest BCUT2D eigenvalue weighted by Crippen LogP contribution is 2.28. The maximum Gasteiger partial charge on any atom is 0.225 e. The standard InChI is InChI=1S/C21H26FN3O2.C13H13N3/c1-15(2)21(26)25-11-9-24(10-12-25)14-18-19(22)5-4-6-20(18)27-17-8-7-16(3)23-13-17;1-2-14-10-11-4-6-12(7-5-11)13-15-8-3-9-16-13/h4-8,13,15H,9-12,14H2,1-3H3;2-9,14H,1,10H2. The van der Waals surface area contributed by atoms with Crippen molar-refractivity contribution in [2.75, 3.05) is 26.2 Å². The lowest BCUT2D eigenvalue weighted by molar-refractivity contribution is -0.136. The van der Waals surface area contributed by atoms with Crippen LogP contribution in [0, 0.1) is 18.7 Å². The van der Waals surface area contributed by atoms with Crippen LogP contribution in [0.15, 0.2) is 92.0 Å². The number of carbonyl (C=O) groups excluding carboxylic acids is 1. The van der Waals surface area contributed by atoms with Gasteiger partial charge < -0.3 is 15.0 Å². The van der Waals surface area contributed by atoms with E-state index in [1.807, 2.05) is 56.0 Å². The van der Waals surface area contributed by atoms with Crippen molar-refractivity contribution in [2.45, 2.75) is 33.9 Å². The van der Waals surface area contributed by atoms with Gasteiger partial charge in [-0.2, -0.15) is 0 Å². The fourth-order valence-corrected chi connectivity index (χ4v) is 4.55. The van der Waals surface area contributed by atoms with Crippen molar-refractivity contribution in [2.24, 2.45) is 5.92 Å². The minimum Gasteiger partial charge on any atom is -0.455 e. The average Bonchev–Trinajstić information content (AvgIpc) is 3.03. The molecule has 2 aromatic carbocycles. The molecule has 4 aromatic rings. The fourth-order valence-electron chi connectivity index (χ4n) is 4.55. The molecule has 0 atom stereocenters. The number of rotatable bonds is 9. The van der Waals surface area contributed by atoms with Gasteiger partial charge in [0.05, 0.1) is 6.20 Å². The lowest BCUT2D eigenvalue weighted by Gasteiger charge is -2.35. The van der Waals surface area contributed by atoms with Gasteiger partial charge in [0.15, 0.2) is 5.82 Å². The molecule has 0 aliphatic carbocycles. The number of benzene rings is 2. The van der Waals surface area contributed by atoms with Gasteiger partial charge in [-0.25, -0.2) is 14.4 Å². The van der Waals surface area contributed by atoms with E-state index in [0.717, 1.165) is 36.7 Å². The zero-order valence-electron chi connectivity index (χ0n) is 25.0. The SMILES string of the molecule is C=CNCc1ccc(-c2ncccn2)cc1.Cc1ccc(Oc2cccc(F)c2CN2CCN(C(=O)C(C)C)CC2)cn1. The van der Waals surface area contributed by atoms with Crippen LogP contribution in [0.5, 0.6) is 11.5 Å². The molecule has 3 heterocycles. The van der Waals surface area contributed by atoms with E-state index in [-0.39, 0.29) is 17.6 Å². The lowest BCUT2D eigenvalue weighted by atomic mass is 10.1. The molecule has 2 aromatic heterocycles. The number of hydrogen-bond donors (Lipinski definition) is 1. The minimum absolute atomic E-state index is 0.00578. The van der Waals surface area contributed by atoms with E-state index in [4.69, 9.17) is 4.74 Å². The molecule has 0 saturated carbocycles. The van der Waals surface area contributed by atoms with Crippen molar-refractivity contribution in [1.29, 1.82) is 0 Å². The maximum absolute atomic E-state index is 14.5. The molecule has 1 N–H and O–H groups in total. The van der Waals surface area contributed by atoms with E-state index >= 15 is 0 Å². The Bertz CT molecular complexity index is 1450. The zero-order valence-corrected chi connectivity index (χ0v) is 25.0. The van der Waals surface area contributed by atoms with Gasteiger partial charge in [-0.3, -0.25) is 14.7 Å².